The fourth-order valence-electron chi connectivity index (χ4n) is 2.73. The van der Waals surface area contributed by atoms with Crippen molar-refractivity contribution in [2.24, 2.45) is 5.92 Å². The van der Waals surface area contributed by atoms with E-state index in [0.29, 0.717) is 36.3 Å². The summed E-state index contributed by atoms with van der Waals surface area (Å²) in [6.07, 6.45) is 2.26. The predicted octanol–water partition coefficient (Wildman–Crippen LogP) is 3.48. The Morgan fingerprint density at radius 3 is 2.76 bits per heavy atom. The molecule has 0 radical (unpaired) electrons. The highest BCUT2D eigenvalue weighted by atomic mass is 79.9. The maximum atomic E-state index is 12.4. The van der Waals surface area contributed by atoms with Crippen molar-refractivity contribution in [3.63, 3.8) is 0 Å². The average Bonchev–Trinajstić information content (AvgIpc) is 2.48. The summed E-state index contributed by atoms with van der Waals surface area (Å²) in [4.78, 5) is 14.2. The smallest absolute Gasteiger partial charge is 0.321 e. The number of hydrogen-bond acceptors (Lipinski definition) is 3. The fraction of sp³-hybridized carbons (Fsp3) is 0.533. The Kier molecular flexibility index (Phi) is 4.24. The largest absolute Gasteiger partial charge is 0.486 e. The van der Waals surface area contributed by atoms with Gasteiger partial charge < -0.3 is 19.7 Å². The number of rotatable bonds is 1. The van der Waals surface area contributed by atoms with E-state index < -0.39 is 0 Å². The molecule has 1 aromatic carbocycles. The van der Waals surface area contributed by atoms with Gasteiger partial charge in [-0.25, -0.2) is 4.79 Å². The van der Waals surface area contributed by atoms with Crippen molar-refractivity contribution in [3.8, 4) is 11.5 Å². The summed E-state index contributed by atoms with van der Waals surface area (Å²) in [7, 11) is 0. The van der Waals surface area contributed by atoms with E-state index in [9.17, 15) is 4.79 Å². The van der Waals surface area contributed by atoms with Gasteiger partial charge in [0.25, 0.3) is 0 Å². The van der Waals surface area contributed by atoms with Gasteiger partial charge in [0, 0.05) is 29.7 Å². The van der Waals surface area contributed by atoms with Crippen LogP contribution in [0.1, 0.15) is 19.8 Å². The minimum atomic E-state index is -0.0565. The summed E-state index contributed by atoms with van der Waals surface area (Å²) in [6.45, 7) is 4.90. The molecule has 114 valence electrons. The molecule has 1 N–H and O–H groups in total. The zero-order chi connectivity index (χ0) is 14.8. The Bertz CT molecular complexity index is 550. The Morgan fingerprint density at radius 2 is 2.05 bits per heavy atom. The first kappa shape index (κ1) is 14.5. The molecule has 0 aliphatic carbocycles. The molecule has 0 saturated carbocycles. The van der Waals surface area contributed by atoms with Crippen LogP contribution in [-0.4, -0.2) is 37.2 Å². The lowest BCUT2D eigenvalue weighted by Crippen LogP contribution is -2.41. The van der Waals surface area contributed by atoms with E-state index in [4.69, 9.17) is 9.47 Å². The van der Waals surface area contributed by atoms with Crippen LogP contribution in [0.5, 0.6) is 11.5 Å². The molecule has 1 atom stereocenters. The van der Waals surface area contributed by atoms with Crippen LogP contribution in [0.4, 0.5) is 10.5 Å². The first-order valence-corrected chi connectivity index (χ1v) is 8.08. The summed E-state index contributed by atoms with van der Waals surface area (Å²) >= 11 is 3.47. The number of urea groups is 1. The maximum Gasteiger partial charge on any atom is 0.321 e. The summed E-state index contributed by atoms with van der Waals surface area (Å²) in [5.41, 5.74) is 0.711. The minimum absolute atomic E-state index is 0.0565. The first-order valence-electron chi connectivity index (χ1n) is 7.28. The monoisotopic (exact) mass is 354 g/mol. The number of anilines is 1. The van der Waals surface area contributed by atoms with Crippen molar-refractivity contribution in [2.75, 3.05) is 31.6 Å². The van der Waals surface area contributed by atoms with E-state index >= 15 is 0 Å². The van der Waals surface area contributed by atoms with Gasteiger partial charge in [-0.1, -0.05) is 6.92 Å². The maximum absolute atomic E-state index is 12.4. The van der Waals surface area contributed by atoms with E-state index in [1.165, 1.54) is 6.42 Å². The molecule has 2 aliphatic rings. The fourth-order valence-corrected chi connectivity index (χ4v) is 3.15. The third kappa shape index (κ3) is 3.26. The summed E-state index contributed by atoms with van der Waals surface area (Å²) in [6, 6.07) is 3.59. The van der Waals surface area contributed by atoms with Gasteiger partial charge in [0.2, 0.25) is 0 Å². The normalized spacial score (nSPS) is 21.0. The highest BCUT2D eigenvalue weighted by Crippen LogP contribution is 2.38. The van der Waals surface area contributed by atoms with E-state index in [2.05, 4.69) is 28.2 Å². The lowest BCUT2D eigenvalue weighted by Gasteiger charge is -2.31. The van der Waals surface area contributed by atoms with Gasteiger partial charge in [-0.15, -0.1) is 0 Å². The third-order valence-electron chi connectivity index (χ3n) is 3.82. The number of hydrogen-bond donors (Lipinski definition) is 1. The molecule has 1 aromatic rings. The molecule has 0 bridgehead atoms. The van der Waals surface area contributed by atoms with Gasteiger partial charge in [-0.3, -0.25) is 0 Å². The number of carbonyl (C=O) groups is 1. The van der Waals surface area contributed by atoms with Crippen LogP contribution in [0.15, 0.2) is 16.6 Å². The van der Waals surface area contributed by atoms with Crippen molar-refractivity contribution in [1.82, 2.24) is 4.90 Å². The van der Waals surface area contributed by atoms with Gasteiger partial charge >= 0.3 is 6.03 Å². The lowest BCUT2D eigenvalue weighted by molar-refractivity contribution is 0.171. The second-order valence-electron chi connectivity index (χ2n) is 5.60. The van der Waals surface area contributed by atoms with Gasteiger partial charge in [-0.2, -0.15) is 0 Å². The molecule has 1 fully saturated rings. The Labute approximate surface area is 132 Å². The van der Waals surface area contributed by atoms with E-state index in [-0.39, 0.29) is 6.03 Å². The highest BCUT2D eigenvalue weighted by molar-refractivity contribution is 9.10. The van der Waals surface area contributed by atoms with Gasteiger partial charge in [0.1, 0.15) is 13.2 Å². The molecule has 5 nitrogen and oxygen atoms in total. The Hall–Kier alpha value is -1.43. The topological polar surface area (TPSA) is 50.8 Å². The standard InChI is InChI=1S/C15H19BrN2O3/c1-10-3-2-4-18(9-10)15(19)17-12-8-14-13(7-11(12)16)20-5-6-21-14/h7-8,10H,2-6,9H2,1H3,(H,17,19). The van der Waals surface area contributed by atoms with Crippen LogP contribution < -0.4 is 14.8 Å². The van der Waals surface area contributed by atoms with Crippen molar-refractivity contribution >= 4 is 27.6 Å². The summed E-state index contributed by atoms with van der Waals surface area (Å²) in [5, 5.41) is 2.96. The van der Waals surface area contributed by atoms with Gasteiger partial charge in [0.05, 0.1) is 5.69 Å². The number of nitrogens with zero attached hydrogens (tertiary/aromatic N) is 1. The van der Waals surface area contributed by atoms with Crippen LogP contribution in [-0.2, 0) is 0 Å². The van der Waals surface area contributed by atoms with E-state index in [1.807, 2.05) is 17.0 Å². The molecule has 2 heterocycles. The number of likely N-dealkylation sites (tertiary alicyclic amines) is 1. The molecule has 2 amide bonds. The zero-order valence-corrected chi connectivity index (χ0v) is 13.6. The molecule has 21 heavy (non-hydrogen) atoms. The Balaban J connectivity index is 1.73. The zero-order valence-electron chi connectivity index (χ0n) is 12.0. The predicted molar refractivity (Wildman–Crippen MR) is 84.1 cm³/mol. The molecule has 0 spiro atoms. The number of nitrogens with one attached hydrogen (secondary N) is 1. The second kappa shape index (κ2) is 6.13. The Morgan fingerprint density at radius 1 is 1.33 bits per heavy atom. The van der Waals surface area contributed by atoms with E-state index in [0.717, 1.165) is 24.0 Å². The summed E-state index contributed by atoms with van der Waals surface area (Å²) < 4.78 is 11.9. The summed E-state index contributed by atoms with van der Waals surface area (Å²) in [5.74, 6) is 1.94. The van der Waals surface area contributed by atoms with Crippen LogP contribution in [0.25, 0.3) is 0 Å². The number of halogens is 1. The van der Waals surface area contributed by atoms with Gasteiger partial charge in [-0.05, 0) is 34.7 Å². The van der Waals surface area contributed by atoms with Crippen molar-refractivity contribution in [1.29, 1.82) is 0 Å². The number of ether oxygens (including phenoxy) is 2. The number of benzene rings is 1. The molecular weight excluding hydrogens is 336 g/mol. The lowest BCUT2D eigenvalue weighted by atomic mass is 10.0. The molecule has 2 aliphatic heterocycles. The van der Waals surface area contributed by atoms with Crippen molar-refractivity contribution < 1.29 is 14.3 Å². The molecule has 6 heteroatoms. The quantitative estimate of drug-likeness (QED) is 0.839. The first-order chi connectivity index (χ1) is 10.1. The SMILES string of the molecule is CC1CCCN(C(=O)Nc2cc3c(cc2Br)OCCO3)C1. The second-order valence-corrected chi connectivity index (χ2v) is 6.45. The van der Waals surface area contributed by atoms with Gasteiger partial charge in [0.15, 0.2) is 11.5 Å². The van der Waals surface area contributed by atoms with E-state index in [1.54, 1.807) is 0 Å². The van der Waals surface area contributed by atoms with Crippen LogP contribution in [0.3, 0.4) is 0 Å². The number of piperidine rings is 1. The van der Waals surface area contributed by atoms with Crippen molar-refractivity contribution in [2.45, 2.75) is 19.8 Å². The molecule has 0 aromatic heterocycles. The molecule has 3 rings (SSSR count). The number of fused-ring (bicyclic) bond motifs is 1. The van der Waals surface area contributed by atoms with Crippen LogP contribution in [0, 0.1) is 5.92 Å². The van der Waals surface area contributed by atoms with Crippen LogP contribution in [0.2, 0.25) is 0 Å². The molecular formula is C15H19BrN2O3. The van der Waals surface area contributed by atoms with Crippen LogP contribution >= 0.6 is 15.9 Å². The minimum Gasteiger partial charge on any atom is -0.486 e. The molecule has 1 saturated heterocycles. The highest BCUT2D eigenvalue weighted by Gasteiger charge is 2.22. The number of carbonyl (C=O) groups excluding carboxylic acids is 1. The molecule has 1 unspecified atom stereocenters. The van der Waals surface area contributed by atoms with Crippen molar-refractivity contribution in [3.05, 3.63) is 16.6 Å². The average molecular weight is 355 g/mol. The third-order valence-corrected chi connectivity index (χ3v) is 4.47. The number of amides is 2.